The molecule has 2 rings (SSSR count). The Balaban J connectivity index is 2.83. The van der Waals surface area contributed by atoms with Crippen molar-refractivity contribution >= 4 is 26.7 Å². The molecule has 1 aromatic heterocycles. The van der Waals surface area contributed by atoms with Crippen molar-refractivity contribution in [3.05, 3.63) is 45.3 Å². The third kappa shape index (κ3) is 1.79. The Labute approximate surface area is 92.3 Å². The summed E-state index contributed by atoms with van der Waals surface area (Å²) in [5.41, 5.74) is -0.677. The van der Waals surface area contributed by atoms with Gasteiger partial charge in [0.2, 0.25) is 0 Å². The number of halogens is 3. The molecule has 0 saturated carbocycles. The molecule has 0 spiro atoms. The number of hydrogen-bond donors (Lipinski definition) is 0. The van der Waals surface area contributed by atoms with Gasteiger partial charge in [0.05, 0.1) is 0 Å². The van der Waals surface area contributed by atoms with Crippen LogP contribution < -0.4 is 5.56 Å². The Morgan fingerprint density at radius 2 is 2.00 bits per heavy atom. The third-order valence-corrected chi connectivity index (χ3v) is 2.60. The number of aromatic nitrogens is 1. The van der Waals surface area contributed by atoms with Gasteiger partial charge in [-0.05, 0) is 23.6 Å². The van der Waals surface area contributed by atoms with Gasteiger partial charge in [-0.15, -0.1) is 0 Å². The van der Waals surface area contributed by atoms with E-state index in [0.29, 0.717) is 14.4 Å². The zero-order chi connectivity index (χ0) is 11.0. The fraction of sp³-hybridized carbons (Fsp3) is 0.100. The molecule has 2 nitrogen and oxygen atoms in total. The van der Waals surface area contributed by atoms with Gasteiger partial charge in [0.15, 0.2) is 0 Å². The van der Waals surface area contributed by atoms with E-state index >= 15 is 0 Å². The van der Waals surface area contributed by atoms with Gasteiger partial charge in [0, 0.05) is 16.1 Å². The molecular formula is C10H6BrF2NO. The van der Waals surface area contributed by atoms with Crippen LogP contribution in [0, 0.1) is 0 Å². The highest BCUT2D eigenvalue weighted by Gasteiger charge is 2.09. The second kappa shape index (κ2) is 3.73. The highest BCUT2D eigenvalue weighted by molar-refractivity contribution is 9.10. The number of hydrogen-bond acceptors (Lipinski definition) is 1. The lowest BCUT2D eigenvalue weighted by Crippen LogP contribution is -2.19. The number of alkyl halides is 2. The Morgan fingerprint density at radius 1 is 1.27 bits per heavy atom. The number of nitrogens with zero attached hydrogens (tertiary/aromatic N) is 1. The molecule has 0 aliphatic rings. The first-order valence-electron chi connectivity index (χ1n) is 4.18. The predicted octanol–water partition coefficient (Wildman–Crippen LogP) is 3.16. The van der Waals surface area contributed by atoms with Crippen LogP contribution in [0.1, 0.15) is 6.55 Å². The number of rotatable bonds is 1. The molecule has 0 fully saturated rings. The minimum atomic E-state index is -2.80. The van der Waals surface area contributed by atoms with E-state index in [1.807, 2.05) is 0 Å². The molecule has 0 amide bonds. The largest absolute Gasteiger partial charge is 0.321 e. The van der Waals surface area contributed by atoms with E-state index in [2.05, 4.69) is 15.9 Å². The van der Waals surface area contributed by atoms with Crippen molar-refractivity contribution < 1.29 is 8.78 Å². The number of fused-ring (bicyclic) bond motifs is 1. The van der Waals surface area contributed by atoms with Gasteiger partial charge in [-0.2, -0.15) is 8.78 Å². The molecule has 0 bridgehead atoms. The second-order valence-corrected chi connectivity index (χ2v) is 3.95. The van der Waals surface area contributed by atoms with E-state index in [4.69, 9.17) is 0 Å². The molecule has 2 aromatic rings. The molecule has 0 N–H and O–H groups in total. The molecule has 0 atom stereocenters. The van der Waals surface area contributed by atoms with Crippen molar-refractivity contribution in [1.29, 1.82) is 0 Å². The van der Waals surface area contributed by atoms with E-state index < -0.39 is 12.1 Å². The summed E-state index contributed by atoms with van der Waals surface area (Å²) in [4.78, 5) is 11.6. The SMILES string of the molecule is O=c1c2cc(Br)ccc2ccn1C(F)F. The van der Waals surface area contributed by atoms with Crippen LogP contribution in [0.2, 0.25) is 0 Å². The first-order chi connectivity index (χ1) is 7.09. The smallest absolute Gasteiger partial charge is 0.269 e. The van der Waals surface area contributed by atoms with Gasteiger partial charge in [-0.25, -0.2) is 0 Å². The lowest BCUT2D eigenvalue weighted by molar-refractivity contribution is 0.0669. The van der Waals surface area contributed by atoms with E-state index in [0.717, 1.165) is 6.20 Å². The monoisotopic (exact) mass is 273 g/mol. The molecule has 1 aromatic carbocycles. The molecule has 15 heavy (non-hydrogen) atoms. The summed E-state index contributed by atoms with van der Waals surface area (Å²) in [5.74, 6) is 0. The summed E-state index contributed by atoms with van der Waals surface area (Å²) in [6, 6.07) is 6.50. The lowest BCUT2D eigenvalue weighted by atomic mass is 10.2. The Hall–Kier alpha value is -1.23. The maximum absolute atomic E-state index is 12.4. The number of benzene rings is 1. The lowest BCUT2D eigenvalue weighted by Gasteiger charge is -2.05. The van der Waals surface area contributed by atoms with Gasteiger partial charge in [0.1, 0.15) is 0 Å². The van der Waals surface area contributed by atoms with Crippen molar-refractivity contribution in [2.24, 2.45) is 0 Å². The van der Waals surface area contributed by atoms with Crippen molar-refractivity contribution in [1.82, 2.24) is 4.57 Å². The topological polar surface area (TPSA) is 22.0 Å². The Kier molecular flexibility index (Phi) is 2.56. The molecule has 0 aliphatic heterocycles. The van der Waals surface area contributed by atoms with Crippen LogP contribution in [0.5, 0.6) is 0 Å². The maximum atomic E-state index is 12.4. The summed E-state index contributed by atoms with van der Waals surface area (Å²) >= 11 is 3.19. The normalized spacial score (nSPS) is 11.2. The number of pyridine rings is 1. The van der Waals surface area contributed by atoms with E-state index in [1.54, 1.807) is 12.1 Å². The molecular weight excluding hydrogens is 268 g/mol. The second-order valence-electron chi connectivity index (χ2n) is 3.04. The maximum Gasteiger partial charge on any atom is 0.321 e. The van der Waals surface area contributed by atoms with Crippen LogP contribution >= 0.6 is 15.9 Å². The zero-order valence-corrected chi connectivity index (χ0v) is 9.04. The Bertz CT molecular complexity index is 565. The zero-order valence-electron chi connectivity index (χ0n) is 7.45. The van der Waals surface area contributed by atoms with Gasteiger partial charge in [0.25, 0.3) is 5.56 Å². The van der Waals surface area contributed by atoms with Gasteiger partial charge < -0.3 is 0 Å². The minimum absolute atomic E-state index is 0.284. The van der Waals surface area contributed by atoms with Gasteiger partial charge >= 0.3 is 6.55 Å². The summed E-state index contributed by atoms with van der Waals surface area (Å²) in [6.45, 7) is -2.80. The predicted molar refractivity (Wildman–Crippen MR) is 57.2 cm³/mol. The standard InChI is InChI=1S/C10H6BrF2NO/c11-7-2-1-6-3-4-14(10(12)13)9(15)8(6)5-7/h1-5,10H. The highest BCUT2D eigenvalue weighted by Crippen LogP contribution is 2.17. The molecule has 78 valence electrons. The van der Waals surface area contributed by atoms with E-state index in [9.17, 15) is 13.6 Å². The van der Waals surface area contributed by atoms with E-state index in [1.165, 1.54) is 12.1 Å². The van der Waals surface area contributed by atoms with Gasteiger partial charge in [-0.1, -0.05) is 22.0 Å². The fourth-order valence-electron chi connectivity index (χ4n) is 1.38. The molecule has 0 unspecified atom stereocenters. The Morgan fingerprint density at radius 3 is 2.67 bits per heavy atom. The molecule has 1 heterocycles. The summed E-state index contributed by atoms with van der Waals surface area (Å²) < 4.78 is 25.9. The minimum Gasteiger partial charge on any atom is -0.269 e. The van der Waals surface area contributed by atoms with Crippen LogP contribution in [0.3, 0.4) is 0 Å². The first kappa shape index (κ1) is 10.3. The van der Waals surface area contributed by atoms with Crippen molar-refractivity contribution in [3.63, 3.8) is 0 Å². The van der Waals surface area contributed by atoms with Crippen LogP contribution in [0.15, 0.2) is 39.7 Å². The molecule has 0 radical (unpaired) electrons. The molecule has 0 saturated heterocycles. The van der Waals surface area contributed by atoms with Crippen LogP contribution in [0.4, 0.5) is 8.78 Å². The summed E-state index contributed by atoms with van der Waals surface area (Å²) in [6.07, 6.45) is 1.10. The summed E-state index contributed by atoms with van der Waals surface area (Å²) in [7, 11) is 0. The van der Waals surface area contributed by atoms with Crippen LogP contribution in [0.25, 0.3) is 10.8 Å². The average molecular weight is 274 g/mol. The van der Waals surface area contributed by atoms with Gasteiger partial charge in [-0.3, -0.25) is 9.36 Å². The van der Waals surface area contributed by atoms with Crippen molar-refractivity contribution in [2.45, 2.75) is 6.55 Å². The quantitative estimate of drug-likeness (QED) is 0.782. The summed E-state index contributed by atoms with van der Waals surface area (Å²) in [5, 5.41) is 0.937. The first-order valence-corrected chi connectivity index (χ1v) is 4.97. The van der Waals surface area contributed by atoms with Crippen molar-refractivity contribution in [2.75, 3.05) is 0 Å². The third-order valence-electron chi connectivity index (χ3n) is 2.11. The van der Waals surface area contributed by atoms with Crippen LogP contribution in [-0.2, 0) is 0 Å². The molecule has 5 heteroatoms. The van der Waals surface area contributed by atoms with Crippen molar-refractivity contribution in [3.8, 4) is 0 Å². The molecule has 0 aliphatic carbocycles. The highest BCUT2D eigenvalue weighted by atomic mass is 79.9. The van der Waals surface area contributed by atoms with E-state index in [-0.39, 0.29) is 5.39 Å². The van der Waals surface area contributed by atoms with Crippen LogP contribution in [-0.4, -0.2) is 4.57 Å². The fourth-order valence-corrected chi connectivity index (χ4v) is 1.74. The average Bonchev–Trinajstić information content (AvgIpc) is 2.19.